The highest BCUT2D eigenvalue weighted by Gasteiger charge is 2.18. The average Bonchev–Trinajstić information content (AvgIpc) is 3.30. The predicted molar refractivity (Wildman–Crippen MR) is 146 cm³/mol. The normalized spacial score (nSPS) is 10.9. The maximum Gasteiger partial charge on any atom is 0.255 e. The summed E-state index contributed by atoms with van der Waals surface area (Å²) in [5.41, 5.74) is 6.48. The van der Waals surface area contributed by atoms with Crippen LogP contribution >= 0.6 is 0 Å². The molecule has 0 fully saturated rings. The first-order valence-corrected chi connectivity index (χ1v) is 12.2. The highest BCUT2D eigenvalue weighted by atomic mass is 16.5. The van der Waals surface area contributed by atoms with Crippen molar-refractivity contribution in [2.75, 3.05) is 44.6 Å². The zero-order valence-electron chi connectivity index (χ0n) is 22.4. The minimum atomic E-state index is -0.308. The molecule has 0 unspecified atom stereocenters. The van der Waals surface area contributed by atoms with Crippen molar-refractivity contribution in [3.8, 4) is 22.9 Å². The Morgan fingerprint density at radius 3 is 2.03 bits per heavy atom. The summed E-state index contributed by atoms with van der Waals surface area (Å²) in [5.74, 6) is 0.933. The molecule has 0 bridgehead atoms. The van der Waals surface area contributed by atoms with Crippen LogP contribution in [0.15, 0.2) is 42.5 Å². The van der Waals surface area contributed by atoms with Crippen molar-refractivity contribution < 1.29 is 19.0 Å². The lowest BCUT2D eigenvalue weighted by atomic mass is 10.1. The molecule has 194 valence electrons. The Balaban J connectivity index is 1.64. The molecule has 0 saturated carbocycles. The van der Waals surface area contributed by atoms with Crippen molar-refractivity contribution >= 4 is 28.3 Å². The largest absolute Gasteiger partial charge is 0.493 e. The molecule has 1 N–H and O–H groups in total. The fraction of sp³-hybridized carbons (Fsp3) is 0.321. The second-order valence-electron chi connectivity index (χ2n) is 8.66. The van der Waals surface area contributed by atoms with Crippen molar-refractivity contribution in [3.05, 3.63) is 59.2 Å². The molecule has 4 aromatic rings. The number of nitrogens with one attached hydrogen (secondary N) is 1. The second kappa shape index (κ2) is 10.8. The molecular formula is C28H33N5O4. The second-order valence-corrected chi connectivity index (χ2v) is 8.66. The summed E-state index contributed by atoms with van der Waals surface area (Å²) < 4.78 is 16.1. The summed E-state index contributed by atoms with van der Waals surface area (Å²) >= 11 is 0. The molecule has 37 heavy (non-hydrogen) atoms. The first-order valence-electron chi connectivity index (χ1n) is 12.2. The molecule has 4 rings (SSSR count). The lowest BCUT2D eigenvalue weighted by Crippen LogP contribution is -2.21. The molecule has 1 amide bonds. The van der Waals surface area contributed by atoms with E-state index in [-0.39, 0.29) is 5.91 Å². The standard InChI is InChI=1S/C28H33N5O4/c1-8-32(9-2)20-10-11-24(18(4)12-20)33-30-22-13-17(3)21(16-23(22)31-33)29-28(34)19-14-25(35-5)27(37-7)26(15-19)36-6/h10-16H,8-9H2,1-7H3,(H,29,34). The highest BCUT2D eigenvalue weighted by molar-refractivity contribution is 6.06. The molecule has 0 saturated heterocycles. The molecule has 0 atom stereocenters. The third-order valence-corrected chi connectivity index (χ3v) is 6.43. The van der Waals surface area contributed by atoms with E-state index in [0.29, 0.717) is 34.0 Å². The number of fused-ring (bicyclic) bond motifs is 1. The van der Waals surface area contributed by atoms with E-state index < -0.39 is 0 Å². The first kappa shape index (κ1) is 25.8. The molecular weight excluding hydrogens is 470 g/mol. The summed E-state index contributed by atoms with van der Waals surface area (Å²) in [6.45, 7) is 10.2. The van der Waals surface area contributed by atoms with E-state index in [1.165, 1.54) is 27.0 Å². The van der Waals surface area contributed by atoms with Gasteiger partial charge in [-0.15, -0.1) is 10.2 Å². The van der Waals surface area contributed by atoms with E-state index in [0.717, 1.165) is 35.4 Å². The van der Waals surface area contributed by atoms with Crippen LogP contribution < -0.4 is 24.4 Å². The molecule has 0 aliphatic carbocycles. The number of ether oxygens (including phenoxy) is 3. The number of aryl methyl sites for hydroxylation is 2. The average molecular weight is 504 g/mol. The van der Waals surface area contributed by atoms with Gasteiger partial charge in [0.15, 0.2) is 11.5 Å². The van der Waals surface area contributed by atoms with Gasteiger partial charge in [-0.3, -0.25) is 4.79 Å². The summed E-state index contributed by atoms with van der Waals surface area (Å²) in [6.07, 6.45) is 0. The number of rotatable bonds is 9. The van der Waals surface area contributed by atoms with Crippen molar-refractivity contribution in [1.29, 1.82) is 0 Å². The third kappa shape index (κ3) is 5.02. The quantitative estimate of drug-likeness (QED) is 0.337. The number of nitrogens with zero attached hydrogens (tertiary/aromatic N) is 4. The number of hydrogen-bond donors (Lipinski definition) is 1. The number of methoxy groups -OCH3 is 3. The van der Waals surface area contributed by atoms with Crippen LogP contribution in [0.25, 0.3) is 16.7 Å². The van der Waals surface area contributed by atoms with Crippen LogP contribution in [0, 0.1) is 13.8 Å². The van der Waals surface area contributed by atoms with Gasteiger partial charge in [0.2, 0.25) is 5.75 Å². The van der Waals surface area contributed by atoms with Crippen LogP contribution in [0.1, 0.15) is 35.3 Å². The van der Waals surface area contributed by atoms with Gasteiger partial charge in [-0.1, -0.05) is 0 Å². The molecule has 1 aromatic heterocycles. The van der Waals surface area contributed by atoms with Gasteiger partial charge in [0.05, 0.1) is 27.0 Å². The maximum atomic E-state index is 13.1. The van der Waals surface area contributed by atoms with Gasteiger partial charge in [0.1, 0.15) is 11.0 Å². The van der Waals surface area contributed by atoms with E-state index in [1.54, 1.807) is 16.9 Å². The Hall–Kier alpha value is -4.27. The lowest BCUT2D eigenvalue weighted by Gasteiger charge is -2.22. The van der Waals surface area contributed by atoms with Crippen LogP contribution in [0.2, 0.25) is 0 Å². The van der Waals surface area contributed by atoms with Gasteiger partial charge >= 0.3 is 0 Å². The van der Waals surface area contributed by atoms with Crippen LogP contribution in [0.3, 0.4) is 0 Å². The van der Waals surface area contributed by atoms with Gasteiger partial charge in [-0.25, -0.2) is 0 Å². The molecule has 0 spiro atoms. The highest BCUT2D eigenvalue weighted by Crippen LogP contribution is 2.38. The van der Waals surface area contributed by atoms with Crippen molar-refractivity contribution in [1.82, 2.24) is 15.0 Å². The first-order chi connectivity index (χ1) is 17.8. The van der Waals surface area contributed by atoms with E-state index in [2.05, 4.69) is 43.1 Å². The van der Waals surface area contributed by atoms with E-state index in [4.69, 9.17) is 24.4 Å². The van der Waals surface area contributed by atoms with E-state index >= 15 is 0 Å². The molecule has 1 heterocycles. The Morgan fingerprint density at radius 1 is 0.865 bits per heavy atom. The Labute approximate surface area is 216 Å². The number of amides is 1. The molecule has 0 aliphatic heterocycles. The summed E-state index contributed by atoms with van der Waals surface area (Å²) in [5, 5.41) is 12.4. The van der Waals surface area contributed by atoms with Crippen LogP contribution in [0.5, 0.6) is 17.2 Å². The van der Waals surface area contributed by atoms with Gasteiger partial charge in [0, 0.05) is 30.0 Å². The summed E-state index contributed by atoms with van der Waals surface area (Å²) in [6, 6.07) is 13.3. The predicted octanol–water partition coefficient (Wildman–Crippen LogP) is 5.16. The Morgan fingerprint density at radius 2 is 1.49 bits per heavy atom. The van der Waals surface area contributed by atoms with Crippen molar-refractivity contribution in [2.24, 2.45) is 0 Å². The number of hydrogen-bond acceptors (Lipinski definition) is 7. The van der Waals surface area contributed by atoms with Crippen LogP contribution in [-0.2, 0) is 0 Å². The Kier molecular flexibility index (Phi) is 7.52. The Bertz CT molecular complexity index is 1420. The number of anilines is 2. The third-order valence-electron chi connectivity index (χ3n) is 6.43. The van der Waals surface area contributed by atoms with Crippen molar-refractivity contribution in [3.63, 3.8) is 0 Å². The fourth-order valence-electron chi connectivity index (χ4n) is 4.37. The van der Waals surface area contributed by atoms with Crippen LogP contribution in [-0.4, -0.2) is 55.3 Å². The van der Waals surface area contributed by atoms with Gasteiger partial charge in [-0.05, 0) is 81.3 Å². The molecule has 0 aliphatic rings. The summed E-state index contributed by atoms with van der Waals surface area (Å²) in [7, 11) is 4.55. The topological polar surface area (TPSA) is 90.7 Å². The number of aromatic nitrogens is 3. The molecule has 3 aromatic carbocycles. The summed E-state index contributed by atoms with van der Waals surface area (Å²) in [4.78, 5) is 17.1. The molecule has 9 nitrogen and oxygen atoms in total. The number of carbonyl (C=O) groups is 1. The molecule has 9 heteroatoms. The zero-order chi connectivity index (χ0) is 26.7. The maximum absolute atomic E-state index is 13.1. The SMILES string of the molecule is CCN(CC)c1ccc(-n2nc3cc(C)c(NC(=O)c4cc(OC)c(OC)c(OC)c4)cc3n2)c(C)c1. The minimum Gasteiger partial charge on any atom is -0.493 e. The van der Waals surface area contributed by atoms with Gasteiger partial charge in [0.25, 0.3) is 5.91 Å². The van der Waals surface area contributed by atoms with E-state index in [1.807, 2.05) is 25.1 Å². The van der Waals surface area contributed by atoms with E-state index in [9.17, 15) is 4.79 Å². The minimum absolute atomic E-state index is 0.308. The smallest absolute Gasteiger partial charge is 0.255 e. The van der Waals surface area contributed by atoms with Gasteiger partial charge in [-0.2, -0.15) is 4.80 Å². The van der Waals surface area contributed by atoms with Crippen molar-refractivity contribution in [2.45, 2.75) is 27.7 Å². The number of benzene rings is 3. The van der Waals surface area contributed by atoms with Gasteiger partial charge < -0.3 is 24.4 Å². The zero-order valence-corrected chi connectivity index (χ0v) is 22.4. The molecule has 0 radical (unpaired) electrons. The lowest BCUT2D eigenvalue weighted by molar-refractivity contribution is 0.102. The monoisotopic (exact) mass is 503 g/mol. The van der Waals surface area contributed by atoms with Crippen LogP contribution in [0.4, 0.5) is 11.4 Å². The fourth-order valence-corrected chi connectivity index (χ4v) is 4.37. The number of carbonyl (C=O) groups excluding carboxylic acids is 1.